The number of hydrogen-bond acceptors (Lipinski definition) is 6. The van der Waals surface area contributed by atoms with E-state index in [1.807, 2.05) is 19.3 Å². The highest BCUT2D eigenvalue weighted by Crippen LogP contribution is 2.20. The van der Waals surface area contributed by atoms with E-state index in [1.54, 1.807) is 15.2 Å². The predicted octanol–water partition coefficient (Wildman–Crippen LogP) is 0.987. The molecule has 3 aromatic rings. The number of nitrogens with two attached hydrogens (primary N) is 1. The van der Waals surface area contributed by atoms with Crippen LogP contribution in [0.5, 0.6) is 0 Å². The van der Waals surface area contributed by atoms with Crippen molar-refractivity contribution in [3.05, 3.63) is 35.6 Å². The number of anilines is 1. The number of rotatable bonds is 4. The zero-order chi connectivity index (χ0) is 15.0. The summed E-state index contributed by atoms with van der Waals surface area (Å²) in [6, 6.07) is 3.57. The minimum absolute atomic E-state index is 0.0310. The Morgan fingerprint density at radius 3 is 2.95 bits per heavy atom. The van der Waals surface area contributed by atoms with Crippen LogP contribution in [0, 0.1) is 0 Å². The van der Waals surface area contributed by atoms with Gasteiger partial charge in [-0.05, 0) is 23.7 Å². The molecule has 0 unspecified atom stereocenters. The van der Waals surface area contributed by atoms with Gasteiger partial charge < -0.3 is 14.6 Å². The minimum atomic E-state index is -0.0567. The van der Waals surface area contributed by atoms with Gasteiger partial charge in [-0.3, -0.25) is 4.79 Å². The molecule has 0 saturated carbocycles. The van der Waals surface area contributed by atoms with Crippen LogP contribution >= 0.6 is 11.6 Å². The summed E-state index contributed by atoms with van der Waals surface area (Å²) in [6.45, 7) is 0.103. The Labute approximate surface area is 124 Å². The van der Waals surface area contributed by atoms with Crippen LogP contribution in [0.1, 0.15) is 10.5 Å². The quantitative estimate of drug-likeness (QED) is 0.322. The zero-order valence-corrected chi connectivity index (χ0v) is 11.9. The lowest BCUT2D eigenvalue weighted by Crippen LogP contribution is -2.14. The van der Waals surface area contributed by atoms with Crippen molar-refractivity contribution in [1.29, 1.82) is 0 Å². The van der Waals surface area contributed by atoms with E-state index in [2.05, 4.69) is 20.4 Å². The number of fused-ring (bicyclic) bond motifs is 1. The smallest absolute Gasteiger partial charge is 0.226 e. The summed E-state index contributed by atoms with van der Waals surface area (Å²) in [7, 11) is 1.81. The summed E-state index contributed by atoms with van der Waals surface area (Å²) in [5.41, 5.74) is 3.93. The second-order valence-corrected chi connectivity index (χ2v) is 4.80. The number of hydrogen-bond donors (Lipinski definition) is 2. The van der Waals surface area contributed by atoms with Crippen molar-refractivity contribution in [1.82, 2.24) is 24.1 Å². The Kier molecular flexibility index (Phi) is 3.32. The Bertz CT molecular complexity index is 822. The molecular formula is C12H12ClN7O. The topological polar surface area (TPSA) is 104 Å². The van der Waals surface area contributed by atoms with Crippen LogP contribution in [0.4, 0.5) is 5.82 Å². The maximum absolute atomic E-state index is 12.3. The summed E-state index contributed by atoms with van der Waals surface area (Å²) in [5, 5.41) is 0.0310. The first-order chi connectivity index (χ1) is 10.1. The van der Waals surface area contributed by atoms with Gasteiger partial charge in [-0.15, -0.1) is 0 Å². The van der Waals surface area contributed by atoms with Gasteiger partial charge in [-0.2, -0.15) is 9.97 Å². The lowest BCUT2D eigenvalue weighted by atomic mass is 10.3. The van der Waals surface area contributed by atoms with Crippen LogP contribution < -0.4 is 11.3 Å². The number of nitrogens with zero attached hydrogens (tertiary/aromatic N) is 5. The van der Waals surface area contributed by atoms with Crippen LogP contribution in [0.2, 0.25) is 5.28 Å². The number of hydrazine groups is 1. The molecule has 9 heteroatoms. The summed E-state index contributed by atoms with van der Waals surface area (Å²) in [4.78, 5) is 24.5. The van der Waals surface area contributed by atoms with Crippen LogP contribution in [-0.2, 0) is 13.6 Å². The number of ketones is 1. The normalized spacial score (nSPS) is 11.0. The molecule has 0 aliphatic heterocycles. The molecule has 0 aliphatic rings. The average molecular weight is 306 g/mol. The summed E-state index contributed by atoms with van der Waals surface area (Å²) >= 11 is 5.84. The van der Waals surface area contributed by atoms with Crippen molar-refractivity contribution in [2.45, 2.75) is 6.54 Å². The third-order valence-corrected chi connectivity index (χ3v) is 3.29. The first kappa shape index (κ1) is 13.5. The molecule has 0 aliphatic carbocycles. The van der Waals surface area contributed by atoms with E-state index in [1.165, 1.54) is 6.33 Å². The molecule has 0 radical (unpaired) electrons. The third-order valence-electron chi connectivity index (χ3n) is 3.12. The van der Waals surface area contributed by atoms with Crippen molar-refractivity contribution < 1.29 is 4.79 Å². The van der Waals surface area contributed by atoms with Crippen LogP contribution in [-0.4, -0.2) is 29.9 Å². The van der Waals surface area contributed by atoms with E-state index in [9.17, 15) is 4.79 Å². The van der Waals surface area contributed by atoms with Crippen LogP contribution in [0.25, 0.3) is 11.2 Å². The molecule has 3 N–H and O–H groups in total. The molecule has 3 heterocycles. The number of imidazole rings is 1. The second-order valence-electron chi connectivity index (χ2n) is 4.46. The van der Waals surface area contributed by atoms with Crippen molar-refractivity contribution >= 4 is 34.4 Å². The van der Waals surface area contributed by atoms with Gasteiger partial charge >= 0.3 is 0 Å². The number of Topliss-reactive ketones (excluding diaryl/α,β-unsaturated/α-hetero) is 1. The van der Waals surface area contributed by atoms with Gasteiger partial charge in [0.25, 0.3) is 0 Å². The fourth-order valence-corrected chi connectivity index (χ4v) is 2.29. The predicted molar refractivity (Wildman–Crippen MR) is 77.9 cm³/mol. The van der Waals surface area contributed by atoms with Gasteiger partial charge in [-0.1, -0.05) is 0 Å². The first-order valence-corrected chi connectivity index (χ1v) is 6.47. The van der Waals surface area contributed by atoms with Crippen molar-refractivity contribution in [3.63, 3.8) is 0 Å². The highest BCUT2D eigenvalue weighted by atomic mass is 35.5. The molecule has 0 aromatic carbocycles. The minimum Gasteiger partial charge on any atom is -0.348 e. The number of halogens is 1. The molecular weight excluding hydrogens is 294 g/mol. The zero-order valence-electron chi connectivity index (χ0n) is 11.1. The molecule has 0 atom stereocenters. The molecule has 108 valence electrons. The molecule has 3 rings (SSSR count). The fraction of sp³-hybridized carbons (Fsp3) is 0.167. The van der Waals surface area contributed by atoms with E-state index in [0.717, 1.165) is 0 Å². The highest BCUT2D eigenvalue weighted by molar-refractivity contribution is 6.28. The van der Waals surface area contributed by atoms with Gasteiger partial charge in [0, 0.05) is 13.2 Å². The monoisotopic (exact) mass is 305 g/mol. The van der Waals surface area contributed by atoms with Crippen molar-refractivity contribution in [2.75, 3.05) is 5.43 Å². The van der Waals surface area contributed by atoms with E-state index < -0.39 is 0 Å². The van der Waals surface area contributed by atoms with Gasteiger partial charge in [-0.25, -0.2) is 10.8 Å². The maximum atomic E-state index is 12.3. The van der Waals surface area contributed by atoms with E-state index in [-0.39, 0.29) is 17.6 Å². The molecule has 0 amide bonds. The van der Waals surface area contributed by atoms with Crippen molar-refractivity contribution in [2.24, 2.45) is 12.9 Å². The Morgan fingerprint density at radius 2 is 2.29 bits per heavy atom. The second kappa shape index (κ2) is 5.15. The van der Waals surface area contributed by atoms with Crippen LogP contribution in [0.3, 0.4) is 0 Å². The van der Waals surface area contributed by atoms with E-state index >= 15 is 0 Å². The first-order valence-electron chi connectivity index (χ1n) is 6.09. The third kappa shape index (κ3) is 2.34. The Balaban J connectivity index is 2.00. The molecule has 0 saturated heterocycles. The molecule has 3 aromatic heterocycles. The molecule has 0 spiro atoms. The van der Waals surface area contributed by atoms with Gasteiger partial charge in [0.1, 0.15) is 0 Å². The van der Waals surface area contributed by atoms with Crippen LogP contribution in [0.15, 0.2) is 24.7 Å². The molecule has 0 fully saturated rings. The molecule has 0 bridgehead atoms. The molecule has 8 nitrogen and oxygen atoms in total. The Hall–Kier alpha value is -2.45. The number of nitrogen functional groups attached to an aromatic ring is 1. The lowest BCUT2D eigenvalue weighted by Gasteiger charge is -2.05. The van der Waals surface area contributed by atoms with Gasteiger partial charge in [0.05, 0.1) is 18.6 Å². The SMILES string of the molecule is Cn1cccc1C(=O)Cn1cnc2c(NN)nc(Cl)nc21. The van der Waals surface area contributed by atoms with E-state index in [4.69, 9.17) is 17.4 Å². The fourth-order valence-electron chi connectivity index (χ4n) is 2.12. The number of aryl methyl sites for hydroxylation is 1. The lowest BCUT2D eigenvalue weighted by molar-refractivity contribution is 0.0965. The van der Waals surface area contributed by atoms with Gasteiger partial charge in [0.2, 0.25) is 5.28 Å². The summed E-state index contributed by atoms with van der Waals surface area (Å²) in [5.74, 6) is 5.63. The van der Waals surface area contributed by atoms with E-state index in [0.29, 0.717) is 22.7 Å². The maximum Gasteiger partial charge on any atom is 0.226 e. The number of carbonyl (C=O) groups is 1. The number of carbonyl (C=O) groups excluding carboxylic acids is 1. The largest absolute Gasteiger partial charge is 0.348 e. The number of aromatic nitrogens is 5. The van der Waals surface area contributed by atoms with Crippen molar-refractivity contribution in [3.8, 4) is 0 Å². The summed E-state index contributed by atoms with van der Waals surface area (Å²) < 4.78 is 3.37. The van der Waals surface area contributed by atoms with Gasteiger partial charge in [0.15, 0.2) is 22.8 Å². The molecule has 21 heavy (non-hydrogen) atoms. The summed E-state index contributed by atoms with van der Waals surface area (Å²) in [6.07, 6.45) is 3.33. The average Bonchev–Trinajstić information content (AvgIpc) is 3.05. The standard InChI is InChI=1S/C12H12ClN7O/c1-19-4-2-3-7(19)8(21)5-20-6-15-9-10(18-14)16-12(13)17-11(9)20/h2-4,6H,5,14H2,1H3,(H,16,17,18). The highest BCUT2D eigenvalue weighted by Gasteiger charge is 2.15. The number of nitrogens with one attached hydrogen (secondary N) is 1. The Morgan fingerprint density at radius 1 is 1.48 bits per heavy atom.